The molecule has 11 nitrogen and oxygen atoms in total. The zero-order chi connectivity index (χ0) is 25.1. The Bertz CT molecular complexity index is 1770. The minimum atomic E-state index is -0.530. The molecule has 37 heavy (non-hydrogen) atoms. The van der Waals surface area contributed by atoms with Crippen LogP contribution in [0.1, 0.15) is 33.0 Å². The van der Waals surface area contributed by atoms with Crippen molar-refractivity contribution in [2.45, 2.75) is 18.5 Å². The Hall–Kier alpha value is -4.25. The van der Waals surface area contributed by atoms with Gasteiger partial charge in [0.2, 0.25) is 0 Å². The van der Waals surface area contributed by atoms with Crippen molar-refractivity contribution in [3.05, 3.63) is 75.7 Å². The predicted molar refractivity (Wildman–Crippen MR) is 131 cm³/mol. The summed E-state index contributed by atoms with van der Waals surface area (Å²) < 4.78 is 6.47. The first kappa shape index (κ1) is 20.9. The van der Waals surface area contributed by atoms with Gasteiger partial charge in [-0.1, -0.05) is 12.1 Å². The lowest BCUT2D eigenvalue weighted by atomic mass is 9.16. The third-order valence-corrected chi connectivity index (χ3v) is 9.21. The highest BCUT2D eigenvalue weighted by molar-refractivity contribution is 5.98. The molecule has 0 bridgehead atoms. The van der Waals surface area contributed by atoms with Crippen LogP contribution in [0, 0.1) is 23.2 Å². The van der Waals surface area contributed by atoms with Crippen molar-refractivity contribution in [1.29, 1.82) is 0 Å². The first-order chi connectivity index (χ1) is 17.9. The topological polar surface area (TPSA) is 146 Å². The fraction of sp³-hybridized carbons (Fsp3) is 0.346. The van der Waals surface area contributed by atoms with Crippen LogP contribution in [-0.2, 0) is 6.54 Å². The average Bonchev–Trinajstić information content (AvgIpc) is 3.53. The summed E-state index contributed by atoms with van der Waals surface area (Å²) in [7, 11) is 2.04. The van der Waals surface area contributed by atoms with E-state index < -0.39 is 11.7 Å². The van der Waals surface area contributed by atoms with E-state index in [-0.39, 0.29) is 34.8 Å². The van der Waals surface area contributed by atoms with Gasteiger partial charge in [-0.15, -0.1) is 0 Å². The Morgan fingerprint density at radius 3 is 2.86 bits per heavy atom. The normalized spacial score (nSPS) is 29.9. The number of likely N-dealkylation sites (N-methyl/N-ethyl adjacent to an activating group) is 1. The van der Waals surface area contributed by atoms with Crippen LogP contribution in [0.15, 0.2) is 57.4 Å². The molecule has 2 amide bonds. The average molecular weight is 498 g/mol. The maximum Gasteiger partial charge on any atom is 0.417 e. The van der Waals surface area contributed by atoms with Gasteiger partial charge in [-0.3, -0.25) is 14.6 Å². The molecule has 4 aliphatic carbocycles. The van der Waals surface area contributed by atoms with Crippen LogP contribution in [0.2, 0.25) is 0 Å². The molecule has 0 aliphatic heterocycles. The van der Waals surface area contributed by atoms with Gasteiger partial charge in [-0.25, -0.2) is 14.3 Å². The minimum absolute atomic E-state index is 0.0884. The number of nitrogens with one attached hydrogen (secondary N) is 4. The number of carbonyl (C=O) groups excluding carboxylic acids is 2. The second-order valence-corrected chi connectivity index (χ2v) is 10.6. The summed E-state index contributed by atoms with van der Waals surface area (Å²) in [5.41, 5.74) is 4.45. The van der Waals surface area contributed by atoms with E-state index in [4.69, 9.17) is 4.42 Å². The van der Waals surface area contributed by atoms with Gasteiger partial charge in [0, 0.05) is 36.2 Å². The highest BCUT2D eigenvalue weighted by Gasteiger charge is 2.88. The van der Waals surface area contributed by atoms with Crippen LogP contribution >= 0.6 is 0 Å². The number of oxazole rings is 1. The van der Waals surface area contributed by atoms with E-state index in [1.807, 2.05) is 7.05 Å². The van der Waals surface area contributed by atoms with Gasteiger partial charge in [0.25, 0.3) is 11.8 Å². The highest BCUT2D eigenvalue weighted by Crippen LogP contribution is 2.87. The zero-order valence-electron chi connectivity index (χ0n) is 19.9. The monoisotopic (exact) mass is 497 g/mol. The van der Waals surface area contributed by atoms with Crippen LogP contribution < -0.4 is 21.7 Å². The summed E-state index contributed by atoms with van der Waals surface area (Å²) in [4.78, 5) is 44.6. The molecule has 8 rings (SSSR count). The summed E-state index contributed by atoms with van der Waals surface area (Å²) in [6, 6.07) is 8.31. The Labute approximate surface area is 209 Å². The van der Waals surface area contributed by atoms with E-state index in [9.17, 15) is 14.4 Å². The molecular formula is C26H23N7O4. The van der Waals surface area contributed by atoms with Gasteiger partial charge in [-0.2, -0.15) is 5.10 Å². The Kier molecular flexibility index (Phi) is 3.80. The van der Waals surface area contributed by atoms with Crippen molar-refractivity contribution in [3.63, 3.8) is 0 Å². The van der Waals surface area contributed by atoms with Crippen LogP contribution in [-0.4, -0.2) is 50.5 Å². The predicted octanol–water partition coefficient (Wildman–Crippen LogP) is 0.988. The number of hydrogen-bond acceptors (Lipinski definition) is 7. The van der Waals surface area contributed by atoms with Crippen LogP contribution in [0.4, 0.5) is 0 Å². The standard InChI is InChI=1S/C26H23N7O4/c1-27-26-9-13-21(26)20-14(26)8-25(13,20)11-29-23(35)17-7-16(31-19-4-5-30-33(17)19)22(34)28-10-12-2-3-18-15(6-12)32-24(36)37-18/h2-8,13,20-21,27H,9-11H2,1H3,(H,28,34)(H,29,35)(H,32,36). The van der Waals surface area contributed by atoms with Gasteiger partial charge >= 0.3 is 5.76 Å². The number of rotatable bonds is 7. The summed E-state index contributed by atoms with van der Waals surface area (Å²) >= 11 is 0. The molecule has 5 atom stereocenters. The molecular weight excluding hydrogens is 474 g/mol. The number of carbonyl (C=O) groups is 2. The molecule has 186 valence electrons. The van der Waals surface area contributed by atoms with Crippen molar-refractivity contribution in [2.24, 2.45) is 23.2 Å². The number of nitrogens with zero attached hydrogens (tertiary/aromatic N) is 3. The molecule has 5 unspecified atom stereocenters. The van der Waals surface area contributed by atoms with Gasteiger partial charge in [-0.05, 0) is 54.5 Å². The maximum atomic E-state index is 13.3. The molecule has 4 N–H and O–H groups in total. The third-order valence-electron chi connectivity index (χ3n) is 9.21. The zero-order valence-corrected chi connectivity index (χ0v) is 19.9. The molecule has 3 fully saturated rings. The van der Waals surface area contributed by atoms with Crippen molar-refractivity contribution >= 4 is 28.6 Å². The smallest absolute Gasteiger partial charge is 0.408 e. The quantitative estimate of drug-likeness (QED) is 0.279. The van der Waals surface area contributed by atoms with E-state index in [2.05, 4.69) is 37.1 Å². The Balaban J connectivity index is 0.999. The van der Waals surface area contributed by atoms with Crippen LogP contribution in [0.3, 0.4) is 0 Å². The van der Waals surface area contributed by atoms with E-state index >= 15 is 0 Å². The molecule has 1 aromatic carbocycles. The Morgan fingerprint density at radius 2 is 2.11 bits per heavy atom. The van der Waals surface area contributed by atoms with E-state index in [1.165, 1.54) is 16.2 Å². The first-order valence-corrected chi connectivity index (χ1v) is 12.4. The minimum Gasteiger partial charge on any atom is -0.408 e. The Morgan fingerprint density at radius 1 is 1.22 bits per heavy atom. The lowest BCUT2D eigenvalue weighted by Crippen LogP contribution is -2.92. The summed E-state index contributed by atoms with van der Waals surface area (Å²) in [5, 5.41) is 13.7. The largest absolute Gasteiger partial charge is 0.417 e. The number of fused-ring (bicyclic) bond motifs is 4. The summed E-state index contributed by atoms with van der Waals surface area (Å²) in [6.45, 7) is 0.803. The van der Waals surface area contributed by atoms with Gasteiger partial charge in [0.05, 0.1) is 11.7 Å². The molecule has 0 spiro atoms. The number of H-pyrrole nitrogens is 1. The van der Waals surface area contributed by atoms with Crippen molar-refractivity contribution in [1.82, 2.24) is 35.5 Å². The molecule has 0 radical (unpaired) electrons. The molecule has 3 heterocycles. The fourth-order valence-corrected chi connectivity index (χ4v) is 7.47. The van der Waals surface area contributed by atoms with E-state index in [1.54, 1.807) is 30.5 Å². The van der Waals surface area contributed by atoms with Gasteiger partial charge in [0.1, 0.15) is 11.4 Å². The molecule has 3 aromatic heterocycles. The molecule has 4 aliphatic rings. The molecule has 4 aromatic rings. The van der Waals surface area contributed by atoms with Crippen LogP contribution in [0.5, 0.6) is 0 Å². The number of amides is 2. The second kappa shape index (κ2) is 6.74. The van der Waals surface area contributed by atoms with Crippen molar-refractivity contribution in [2.75, 3.05) is 13.6 Å². The lowest BCUT2D eigenvalue weighted by Gasteiger charge is -2.89. The number of aromatic amines is 1. The number of hydrogen-bond donors (Lipinski definition) is 4. The van der Waals surface area contributed by atoms with E-state index in [0.29, 0.717) is 35.1 Å². The lowest BCUT2D eigenvalue weighted by molar-refractivity contribution is -0.285. The molecule has 0 saturated heterocycles. The summed E-state index contributed by atoms with van der Waals surface area (Å²) in [5.74, 6) is 0.720. The van der Waals surface area contributed by atoms with Crippen molar-refractivity contribution in [3.8, 4) is 0 Å². The van der Waals surface area contributed by atoms with Crippen LogP contribution in [0.25, 0.3) is 16.7 Å². The third kappa shape index (κ3) is 2.47. The van der Waals surface area contributed by atoms with E-state index in [0.717, 1.165) is 17.9 Å². The SMILES string of the molecule is CNC12CC3C1C1C2=CC31CNC(=O)c1cc(C(=O)NCc2ccc3oc(=O)[nH]c3c2)nc2ccnn12. The van der Waals surface area contributed by atoms with Gasteiger partial charge in [0.15, 0.2) is 11.2 Å². The highest BCUT2D eigenvalue weighted by atomic mass is 16.4. The second-order valence-electron chi connectivity index (χ2n) is 10.6. The van der Waals surface area contributed by atoms with Crippen molar-refractivity contribution < 1.29 is 14.0 Å². The van der Waals surface area contributed by atoms with Gasteiger partial charge < -0.3 is 20.4 Å². The molecule has 11 heteroatoms. The summed E-state index contributed by atoms with van der Waals surface area (Å²) in [6.07, 6.45) is 5.07. The molecule has 3 saturated carbocycles. The number of aromatic nitrogens is 4. The fourth-order valence-electron chi connectivity index (χ4n) is 7.47. The maximum absolute atomic E-state index is 13.3. The number of benzene rings is 1. The first-order valence-electron chi connectivity index (χ1n) is 12.4.